The second-order valence-corrected chi connectivity index (χ2v) is 6.37. The molecule has 0 fully saturated rings. The molecule has 0 spiro atoms. The van der Waals surface area contributed by atoms with Crippen LogP contribution >= 0.6 is 22.6 Å². The minimum Gasteiger partial charge on any atom is -0.288 e. The van der Waals surface area contributed by atoms with Gasteiger partial charge in [-0.25, -0.2) is 4.68 Å². The zero-order valence-corrected chi connectivity index (χ0v) is 14.3. The van der Waals surface area contributed by atoms with Gasteiger partial charge in [0.15, 0.2) is 0 Å². The molecule has 0 N–H and O–H groups in total. The van der Waals surface area contributed by atoms with Crippen molar-refractivity contribution in [1.82, 2.24) is 9.78 Å². The van der Waals surface area contributed by atoms with Crippen LogP contribution in [0.4, 0.5) is 0 Å². The van der Waals surface area contributed by atoms with Crippen molar-refractivity contribution in [2.45, 2.75) is 12.8 Å². The minimum atomic E-state index is -0.0432. The molecule has 1 unspecified atom stereocenters. The molecule has 1 heterocycles. The number of rotatable bonds is 3. The Labute approximate surface area is 142 Å². The summed E-state index contributed by atoms with van der Waals surface area (Å²) in [6.45, 7) is 2.02. The summed E-state index contributed by atoms with van der Waals surface area (Å²) in [7, 11) is 0. The first kappa shape index (κ1) is 15.0. The summed E-state index contributed by atoms with van der Waals surface area (Å²) in [5.41, 5.74) is 2.58. The largest absolute Gasteiger partial charge is 0.288 e. The van der Waals surface area contributed by atoms with Crippen LogP contribution in [0.25, 0.3) is 5.69 Å². The van der Waals surface area contributed by atoms with Gasteiger partial charge in [0.25, 0.3) is 0 Å². The maximum atomic E-state index is 12.2. The Hall–Kier alpha value is -1.95. The highest BCUT2D eigenvalue weighted by atomic mass is 127. The van der Waals surface area contributed by atoms with Gasteiger partial charge in [-0.05, 0) is 52.4 Å². The molecular formula is C18H15IN2O. The second-order valence-electron chi connectivity index (χ2n) is 5.12. The molecule has 0 saturated heterocycles. The molecule has 1 atom stereocenters. The number of halogens is 1. The van der Waals surface area contributed by atoms with Gasteiger partial charge in [0.2, 0.25) is 5.43 Å². The first-order chi connectivity index (χ1) is 10.6. The lowest BCUT2D eigenvalue weighted by atomic mass is 9.97. The van der Waals surface area contributed by atoms with E-state index in [1.807, 2.05) is 55.5 Å². The van der Waals surface area contributed by atoms with Gasteiger partial charge < -0.3 is 0 Å². The lowest BCUT2D eigenvalue weighted by Crippen LogP contribution is -2.18. The molecule has 0 aliphatic carbocycles. The topological polar surface area (TPSA) is 34.9 Å². The van der Waals surface area contributed by atoms with Gasteiger partial charge in [0.05, 0.1) is 5.69 Å². The molecule has 110 valence electrons. The third kappa shape index (κ3) is 3.11. The molecule has 0 amide bonds. The Morgan fingerprint density at radius 1 is 1.05 bits per heavy atom. The fourth-order valence-electron chi connectivity index (χ4n) is 2.38. The van der Waals surface area contributed by atoms with Crippen LogP contribution in [0.5, 0.6) is 0 Å². The fraction of sp³-hybridized carbons (Fsp3) is 0.111. The molecule has 22 heavy (non-hydrogen) atoms. The number of hydrogen-bond acceptors (Lipinski definition) is 2. The minimum absolute atomic E-state index is 0.0291. The summed E-state index contributed by atoms with van der Waals surface area (Å²) >= 11 is 2.28. The molecule has 0 saturated carbocycles. The van der Waals surface area contributed by atoms with Gasteiger partial charge in [0, 0.05) is 21.8 Å². The van der Waals surface area contributed by atoms with Crippen LogP contribution in [0.15, 0.2) is 71.7 Å². The van der Waals surface area contributed by atoms with Crippen molar-refractivity contribution in [2.75, 3.05) is 0 Å². The van der Waals surface area contributed by atoms with Crippen molar-refractivity contribution < 1.29 is 0 Å². The highest BCUT2D eigenvalue weighted by Crippen LogP contribution is 2.22. The van der Waals surface area contributed by atoms with Gasteiger partial charge in [-0.3, -0.25) is 4.79 Å². The summed E-state index contributed by atoms with van der Waals surface area (Å²) in [6, 6.07) is 19.6. The summed E-state index contributed by atoms with van der Waals surface area (Å²) in [5.74, 6) is -0.0432. The zero-order chi connectivity index (χ0) is 15.5. The van der Waals surface area contributed by atoms with E-state index in [1.165, 1.54) is 0 Å². The number of nitrogens with zero attached hydrogens (tertiary/aromatic N) is 2. The van der Waals surface area contributed by atoms with Gasteiger partial charge in [-0.1, -0.05) is 37.3 Å². The van der Waals surface area contributed by atoms with Gasteiger partial charge in [-0.15, -0.1) is 0 Å². The van der Waals surface area contributed by atoms with E-state index in [2.05, 4.69) is 33.8 Å². The molecule has 2 aromatic carbocycles. The normalized spacial score (nSPS) is 12.1. The Kier molecular flexibility index (Phi) is 4.38. The number of hydrogen-bond donors (Lipinski definition) is 0. The predicted molar refractivity (Wildman–Crippen MR) is 96.5 cm³/mol. The van der Waals surface area contributed by atoms with Crippen LogP contribution in [-0.2, 0) is 0 Å². The molecule has 4 heteroatoms. The molecular weight excluding hydrogens is 387 g/mol. The molecule has 1 aromatic heterocycles. The Balaban J connectivity index is 2.05. The highest BCUT2D eigenvalue weighted by Gasteiger charge is 2.15. The molecule has 0 radical (unpaired) electrons. The van der Waals surface area contributed by atoms with Crippen molar-refractivity contribution in [3.05, 3.63) is 91.9 Å². The first-order valence-corrected chi connectivity index (χ1v) is 8.14. The van der Waals surface area contributed by atoms with Crippen LogP contribution in [0.2, 0.25) is 0 Å². The second kappa shape index (κ2) is 6.44. The highest BCUT2D eigenvalue weighted by molar-refractivity contribution is 14.1. The van der Waals surface area contributed by atoms with Gasteiger partial charge in [-0.2, -0.15) is 5.10 Å². The summed E-state index contributed by atoms with van der Waals surface area (Å²) < 4.78 is 2.91. The van der Waals surface area contributed by atoms with E-state index in [9.17, 15) is 4.79 Å². The standard InChI is InChI=1S/C18H15IN2O/c1-13(14-6-5-7-15(19)12-14)18-17(22)10-11-21(20-18)16-8-3-2-4-9-16/h2-13H,1H3. The van der Waals surface area contributed by atoms with Crippen molar-refractivity contribution in [3.8, 4) is 5.69 Å². The maximum Gasteiger partial charge on any atom is 0.203 e. The van der Waals surface area contributed by atoms with E-state index >= 15 is 0 Å². The average molecular weight is 402 g/mol. The lowest BCUT2D eigenvalue weighted by molar-refractivity contribution is 0.741. The summed E-state index contributed by atoms with van der Waals surface area (Å²) in [4.78, 5) is 12.2. The summed E-state index contributed by atoms with van der Waals surface area (Å²) in [5, 5.41) is 4.55. The first-order valence-electron chi connectivity index (χ1n) is 7.06. The van der Waals surface area contributed by atoms with E-state index in [-0.39, 0.29) is 11.3 Å². The average Bonchev–Trinajstić information content (AvgIpc) is 2.55. The Bertz CT molecular complexity index is 843. The quantitative estimate of drug-likeness (QED) is 0.621. The molecule has 0 aliphatic heterocycles. The van der Waals surface area contributed by atoms with Crippen LogP contribution in [0.3, 0.4) is 0 Å². The van der Waals surface area contributed by atoms with E-state index in [4.69, 9.17) is 0 Å². The monoisotopic (exact) mass is 402 g/mol. The molecule has 0 aliphatic rings. The van der Waals surface area contributed by atoms with Crippen LogP contribution in [0.1, 0.15) is 24.1 Å². The van der Waals surface area contributed by atoms with E-state index < -0.39 is 0 Å². The number of benzene rings is 2. The van der Waals surface area contributed by atoms with Crippen LogP contribution in [-0.4, -0.2) is 9.78 Å². The smallest absolute Gasteiger partial charge is 0.203 e. The third-order valence-corrected chi connectivity index (χ3v) is 4.29. The Morgan fingerprint density at radius 2 is 1.82 bits per heavy atom. The van der Waals surface area contributed by atoms with E-state index in [0.717, 1.165) is 14.8 Å². The molecule has 3 nitrogen and oxygen atoms in total. The molecule has 3 rings (SSSR count). The molecule has 0 bridgehead atoms. The lowest BCUT2D eigenvalue weighted by Gasteiger charge is -2.13. The van der Waals surface area contributed by atoms with Crippen molar-refractivity contribution >= 4 is 22.6 Å². The number of para-hydroxylation sites is 1. The predicted octanol–water partition coefficient (Wildman–Crippen LogP) is 3.99. The van der Waals surface area contributed by atoms with E-state index in [0.29, 0.717) is 5.69 Å². The van der Waals surface area contributed by atoms with Crippen LogP contribution in [0, 0.1) is 3.57 Å². The fourth-order valence-corrected chi connectivity index (χ4v) is 2.95. The third-order valence-electron chi connectivity index (χ3n) is 3.61. The van der Waals surface area contributed by atoms with Gasteiger partial charge in [0.1, 0.15) is 5.69 Å². The van der Waals surface area contributed by atoms with Crippen molar-refractivity contribution in [1.29, 1.82) is 0 Å². The maximum absolute atomic E-state index is 12.2. The van der Waals surface area contributed by atoms with E-state index in [1.54, 1.807) is 16.9 Å². The SMILES string of the molecule is CC(c1cccc(I)c1)c1nn(-c2ccccc2)ccc1=O. The number of aromatic nitrogens is 2. The van der Waals surface area contributed by atoms with Crippen LogP contribution < -0.4 is 5.43 Å². The molecule has 3 aromatic rings. The summed E-state index contributed by atoms with van der Waals surface area (Å²) in [6.07, 6.45) is 1.71. The zero-order valence-electron chi connectivity index (χ0n) is 12.1. The van der Waals surface area contributed by atoms with Crippen molar-refractivity contribution in [2.24, 2.45) is 0 Å². The van der Waals surface area contributed by atoms with Gasteiger partial charge >= 0.3 is 0 Å². The van der Waals surface area contributed by atoms with Crippen molar-refractivity contribution in [3.63, 3.8) is 0 Å². The Morgan fingerprint density at radius 3 is 2.55 bits per heavy atom.